The van der Waals surface area contributed by atoms with Crippen molar-refractivity contribution in [2.45, 2.75) is 76.3 Å². The Morgan fingerprint density at radius 3 is 2.73 bits per heavy atom. The van der Waals surface area contributed by atoms with E-state index in [4.69, 9.17) is 32.9 Å². The van der Waals surface area contributed by atoms with E-state index in [2.05, 4.69) is 27.0 Å². The van der Waals surface area contributed by atoms with Crippen molar-refractivity contribution < 1.29 is 13.9 Å². The minimum Gasteiger partial charge on any atom is -0.370 e. The lowest BCUT2D eigenvalue weighted by Crippen LogP contribution is -2.41. The lowest BCUT2D eigenvalue weighted by molar-refractivity contribution is -0.134. The summed E-state index contributed by atoms with van der Waals surface area (Å²) in [5, 5.41) is 15.5. The first kappa shape index (κ1) is 32.8. The number of fused-ring (bicyclic) bond motifs is 4. The number of ether oxygens (including phenoxy) is 1. The number of aromatic nitrogens is 3. The normalized spacial score (nSPS) is 24.0. The number of carbonyl (C=O) groups is 1. The predicted octanol–water partition coefficient (Wildman–Crippen LogP) is 8.26. The average Bonchev–Trinajstić information content (AvgIpc) is 3.43. The fourth-order valence-electron chi connectivity index (χ4n) is 8.79. The number of hydrogen-bond donors (Lipinski definition) is 1. The van der Waals surface area contributed by atoms with Gasteiger partial charge in [0.05, 0.1) is 52.1 Å². The number of nitrogens with one attached hydrogen (secondary N) is 1. The SMILES string of the molecule is Cc1nc2c(F)c(-c3cccc(Cl)c3Cl)c(CCC#N)cc2c2c1cc(C1CC(OCc3ccccn3)CN1C(=O)C1CC1)n2C1C2CNC1C2. The van der Waals surface area contributed by atoms with Gasteiger partial charge in [-0.15, -0.1) is 0 Å². The van der Waals surface area contributed by atoms with E-state index in [0.29, 0.717) is 64.7 Å². The summed E-state index contributed by atoms with van der Waals surface area (Å²) < 4.78 is 26.0. The maximum atomic E-state index is 17.2. The van der Waals surface area contributed by atoms with Crippen LogP contribution in [-0.4, -0.2) is 50.6 Å². The molecule has 5 aliphatic rings. The van der Waals surface area contributed by atoms with Gasteiger partial charge in [0.2, 0.25) is 5.91 Å². The summed E-state index contributed by atoms with van der Waals surface area (Å²) in [7, 11) is 0. The number of nitriles is 1. The molecule has 5 atom stereocenters. The number of rotatable bonds is 9. The van der Waals surface area contributed by atoms with Gasteiger partial charge in [0.15, 0.2) is 5.82 Å². The highest BCUT2D eigenvalue weighted by Gasteiger charge is 2.51. The number of pyridine rings is 2. The molecule has 5 fully saturated rings. The van der Waals surface area contributed by atoms with E-state index in [1.807, 2.05) is 36.1 Å². The first-order valence-electron chi connectivity index (χ1n) is 17.9. The summed E-state index contributed by atoms with van der Waals surface area (Å²) in [6.07, 6.45) is 5.72. The van der Waals surface area contributed by atoms with E-state index < -0.39 is 5.82 Å². The van der Waals surface area contributed by atoms with Crippen LogP contribution in [-0.2, 0) is 22.6 Å². The summed E-state index contributed by atoms with van der Waals surface area (Å²) in [5.41, 5.74) is 5.27. The molecule has 5 unspecified atom stereocenters. The van der Waals surface area contributed by atoms with E-state index in [-0.39, 0.29) is 53.0 Å². The Balaban J connectivity index is 1.24. The number of nitrogens with zero attached hydrogens (tertiary/aromatic N) is 5. The Morgan fingerprint density at radius 2 is 2.00 bits per heavy atom. The molecular weight excluding hydrogens is 686 g/mol. The minimum atomic E-state index is -0.479. The van der Waals surface area contributed by atoms with Crippen LogP contribution in [0.1, 0.15) is 66.8 Å². The third-order valence-electron chi connectivity index (χ3n) is 11.4. The third-order valence-corrected chi connectivity index (χ3v) is 12.3. The van der Waals surface area contributed by atoms with Crippen molar-refractivity contribution in [2.75, 3.05) is 13.1 Å². The Morgan fingerprint density at radius 1 is 1.14 bits per heavy atom. The molecule has 8 nitrogen and oxygen atoms in total. The second kappa shape index (κ2) is 12.9. The molecule has 10 rings (SSSR count). The molecule has 2 aliphatic carbocycles. The van der Waals surface area contributed by atoms with Crippen LogP contribution >= 0.6 is 23.2 Å². The fourth-order valence-corrected chi connectivity index (χ4v) is 9.19. The highest BCUT2D eigenvalue weighted by molar-refractivity contribution is 6.43. The fraction of sp³-hybridized carbons (Fsp3) is 0.400. The van der Waals surface area contributed by atoms with E-state index in [9.17, 15) is 10.1 Å². The summed E-state index contributed by atoms with van der Waals surface area (Å²) >= 11 is 13.1. The first-order valence-corrected chi connectivity index (χ1v) is 18.6. The van der Waals surface area contributed by atoms with Crippen LogP contribution in [0.4, 0.5) is 4.39 Å². The van der Waals surface area contributed by atoms with E-state index >= 15 is 4.39 Å². The van der Waals surface area contributed by atoms with Crippen molar-refractivity contribution in [3.05, 3.63) is 93.2 Å². The molecule has 3 saturated heterocycles. The van der Waals surface area contributed by atoms with Crippen molar-refractivity contribution in [2.24, 2.45) is 11.8 Å². The summed E-state index contributed by atoms with van der Waals surface area (Å²) in [5.74, 6) is 0.181. The number of aryl methyl sites for hydroxylation is 2. The van der Waals surface area contributed by atoms with E-state index in [1.54, 1.807) is 24.4 Å². The topological polar surface area (TPSA) is 96.1 Å². The quantitative estimate of drug-likeness (QED) is 0.165. The van der Waals surface area contributed by atoms with Gasteiger partial charge >= 0.3 is 0 Å². The maximum Gasteiger partial charge on any atom is 0.226 e. The Kier molecular flexibility index (Phi) is 8.27. The number of carbonyl (C=O) groups excluding carboxylic acids is 1. The number of amides is 1. The third kappa shape index (κ3) is 5.50. The molecule has 51 heavy (non-hydrogen) atoms. The van der Waals surface area contributed by atoms with Gasteiger partial charge < -0.3 is 19.5 Å². The Bertz CT molecular complexity index is 2240. The van der Waals surface area contributed by atoms with Crippen LogP contribution in [0.2, 0.25) is 10.0 Å². The largest absolute Gasteiger partial charge is 0.370 e. The molecule has 2 saturated carbocycles. The highest BCUT2D eigenvalue weighted by atomic mass is 35.5. The van der Waals surface area contributed by atoms with Gasteiger partial charge in [-0.05, 0) is 74.4 Å². The molecule has 2 bridgehead atoms. The lowest BCUT2D eigenvalue weighted by atomic mass is 9.79. The molecular formula is C40H37Cl2FN6O2. The molecule has 6 heterocycles. The maximum absolute atomic E-state index is 17.2. The first-order chi connectivity index (χ1) is 24.8. The molecule has 260 valence electrons. The van der Waals surface area contributed by atoms with Crippen molar-refractivity contribution in [1.82, 2.24) is 24.8 Å². The molecule has 2 aromatic carbocycles. The summed E-state index contributed by atoms with van der Waals surface area (Å²) in [4.78, 5) is 25.3. The van der Waals surface area contributed by atoms with Gasteiger partial charge in [0, 0.05) is 77.4 Å². The van der Waals surface area contributed by atoms with Gasteiger partial charge in [0.25, 0.3) is 0 Å². The van der Waals surface area contributed by atoms with Crippen LogP contribution in [0.3, 0.4) is 0 Å². The minimum absolute atomic E-state index is 0.0548. The van der Waals surface area contributed by atoms with Gasteiger partial charge in [-0.1, -0.05) is 41.4 Å². The molecule has 11 heteroatoms. The smallest absolute Gasteiger partial charge is 0.226 e. The molecule has 0 radical (unpaired) electrons. The molecule has 3 aliphatic heterocycles. The van der Waals surface area contributed by atoms with E-state index in [1.165, 1.54) is 0 Å². The lowest BCUT2D eigenvalue weighted by Gasteiger charge is -2.39. The van der Waals surface area contributed by atoms with Crippen LogP contribution < -0.4 is 5.32 Å². The van der Waals surface area contributed by atoms with Crippen LogP contribution in [0.15, 0.2) is 54.7 Å². The summed E-state index contributed by atoms with van der Waals surface area (Å²) in [6, 6.07) is 17.6. The zero-order chi connectivity index (χ0) is 35.0. The standard InChI is InChI=1S/C40H37Cl2FN6O2/c1-21-28-17-33(32-16-26(19-48(32)40(50)22-10-11-22)51-20-25-7-2-3-13-45-25)49(38-24-15-31(38)46-18-24)39(28)29-14-23(6-5-12-44)34(36(43)37(29)47-21)27-8-4-9-30(41)35(27)42/h2-4,7-9,13-14,17,22,24,26,31-32,38,46H,5-6,10-11,15-16,18-20H2,1H3. The molecule has 5 aromatic rings. The van der Waals surface area contributed by atoms with Gasteiger partial charge in [-0.3, -0.25) is 9.78 Å². The van der Waals surface area contributed by atoms with Crippen molar-refractivity contribution in [1.29, 1.82) is 5.26 Å². The highest BCUT2D eigenvalue weighted by Crippen LogP contribution is 2.51. The van der Waals surface area contributed by atoms with Crippen molar-refractivity contribution >= 4 is 50.9 Å². The number of hydrogen-bond acceptors (Lipinski definition) is 6. The molecule has 0 spiro atoms. The summed E-state index contributed by atoms with van der Waals surface area (Å²) in [6.45, 7) is 3.74. The molecule has 1 amide bonds. The average molecular weight is 724 g/mol. The predicted molar refractivity (Wildman–Crippen MR) is 195 cm³/mol. The van der Waals surface area contributed by atoms with Crippen LogP contribution in [0.25, 0.3) is 32.9 Å². The number of halogens is 3. The number of likely N-dealkylation sites (tertiary alicyclic amines) is 1. The van der Waals surface area contributed by atoms with Gasteiger partial charge in [0.1, 0.15) is 5.52 Å². The van der Waals surface area contributed by atoms with Crippen LogP contribution in [0.5, 0.6) is 0 Å². The van der Waals surface area contributed by atoms with Gasteiger partial charge in [-0.25, -0.2) is 9.37 Å². The molecule has 3 aromatic heterocycles. The van der Waals surface area contributed by atoms with E-state index in [0.717, 1.165) is 48.1 Å². The monoisotopic (exact) mass is 722 g/mol. The van der Waals surface area contributed by atoms with Crippen molar-refractivity contribution in [3.63, 3.8) is 0 Å². The Hall–Kier alpha value is -4.07. The number of benzene rings is 2. The van der Waals surface area contributed by atoms with Gasteiger partial charge in [-0.2, -0.15) is 5.26 Å². The van der Waals surface area contributed by atoms with Crippen LogP contribution in [0, 0.1) is 35.9 Å². The van der Waals surface area contributed by atoms with Crippen molar-refractivity contribution in [3.8, 4) is 17.2 Å². The zero-order valence-electron chi connectivity index (χ0n) is 28.2. The zero-order valence-corrected chi connectivity index (χ0v) is 29.7. The Labute approximate surface area is 305 Å². The molecule has 1 N–H and O–H groups in total. The second-order valence-corrected chi connectivity index (χ2v) is 15.3. The second-order valence-electron chi connectivity index (χ2n) is 14.6.